The molecule has 1 aliphatic heterocycles. The third-order valence-electron chi connectivity index (χ3n) is 0.760. The summed E-state index contributed by atoms with van der Waals surface area (Å²) < 4.78 is 4.72. The minimum Gasteiger partial charge on any atom is -0.473 e. The molecule has 0 aliphatic carbocycles. The van der Waals surface area contributed by atoms with E-state index in [1.807, 2.05) is 0 Å². The number of carbonyl (C=O) groups is 2. The van der Waals surface area contributed by atoms with Gasteiger partial charge in [0.05, 0.1) is 0 Å². The van der Waals surface area contributed by atoms with E-state index < -0.39 is 11.9 Å². The molecule has 1 rings (SSSR count). The second-order valence-electron chi connectivity index (χ2n) is 1.58. The largest absolute Gasteiger partial charge is 0.473 e. The Morgan fingerprint density at radius 3 is 1.30 bits per heavy atom. The molecule has 0 saturated carbocycles. The molecule has 0 unspecified atom stereocenters. The van der Waals surface area contributed by atoms with E-state index in [2.05, 4.69) is 0 Å². The van der Waals surface area contributed by atoms with Crippen LogP contribution in [0.3, 0.4) is 0 Å². The van der Waals surface area contributed by atoms with Crippen LogP contribution in [0.5, 0.6) is 0 Å². The van der Waals surface area contributed by atoms with Gasteiger partial charge in [0.15, 0.2) is 0 Å². The van der Waals surface area contributed by atoms with Crippen LogP contribution in [0.25, 0.3) is 0 Å². The van der Waals surface area contributed by atoms with Crippen LogP contribution in [-0.2, 0) is 14.3 Å². The Bertz CT molecular complexity index is 110. The fraction of sp³-hybridized carbons (Fsp3) is 0.600. The van der Waals surface area contributed by atoms with Crippen molar-refractivity contribution in [1.29, 1.82) is 0 Å². The number of aliphatic carboxylic acids is 2. The smallest absolute Gasteiger partial charge is 0.414 e. The molecule has 1 heterocycles. The quantitative estimate of drug-likeness (QED) is 0.455. The zero-order valence-corrected chi connectivity index (χ0v) is 5.24. The van der Waals surface area contributed by atoms with Crippen molar-refractivity contribution in [2.24, 2.45) is 0 Å². The highest BCUT2D eigenvalue weighted by Gasteiger charge is 2.04. The molecule has 1 aliphatic rings. The molecule has 0 amide bonds. The second kappa shape index (κ2) is 4.75. The van der Waals surface area contributed by atoms with Crippen LogP contribution in [0.15, 0.2) is 0 Å². The van der Waals surface area contributed by atoms with E-state index in [0.29, 0.717) is 0 Å². The highest BCUT2D eigenvalue weighted by Crippen LogP contribution is 1.93. The zero-order valence-electron chi connectivity index (χ0n) is 5.24. The first-order chi connectivity index (χ1) is 4.64. The van der Waals surface area contributed by atoms with Gasteiger partial charge in [-0.1, -0.05) is 0 Å². The zero-order chi connectivity index (χ0) is 7.98. The fourth-order valence-electron chi connectivity index (χ4n) is 0.144. The Labute approximate surface area is 57.2 Å². The van der Waals surface area contributed by atoms with Gasteiger partial charge in [0, 0.05) is 13.2 Å². The van der Waals surface area contributed by atoms with E-state index in [4.69, 9.17) is 24.5 Å². The summed E-state index contributed by atoms with van der Waals surface area (Å²) in [6, 6.07) is 0. The Morgan fingerprint density at radius 1 is 1.10 bits per heavy atom. The molecule has 0 aromatic heterocycles. The maximum atomic E-state index is 9.10. The SMILES string of the molecule is C1COC1.O=C(O)C(=O)O. The van der Waals surface area contributed by atoms with E-state index in [9.17, 15) is 0 Å². The third kappa shape index (κ3) is 5.04. The predicted octanol–water partition coefficient (Wildman–Crippen LogP) is -0.438. The van der Waals surface area contributed by atoms with Crippen molar-refractivity contribution in [1.82, 2.24) is 0 Å². The van der Waals surface area contributed by atoms with Gasteiger partial charge in [0.2, 0.25) is 0 Å². The molecule has 0 radical (unpaired) electrons. The van der Waals surface area contributed by atoms with Gasteiger partial charge in [-0.2, -0.15) is 0 Å². The van der Waals surface area contributed by atoms with Crippen LogP contribution >= 0.6 is 0 Å². The lowest BCUT2D eigenvalue weighted by Gasteiger charge is -2.09. The number of ether oxygens (including phenoxy) is 1. The summed E-state index contributed by atoms with van der Waals surface area (Å²) >= 11 is 0. The van der Waals surface area contributed by atoms with Gasteiger partial charge >= 0.3 is 11.9 Å². The van der Waals surface area contributed by atoms with Gasteiger partial charge in [-0.25, -0.2) is 9.59 Å². The van der Waals surface area contributed by atoms with Crippen molar-refractivity contribution < 1.29 is 24.5 Å². The van der Waals surface area contributed by atoms with Crippen molar-refractivity contribution in [3.8, 4) is 0 Å². The van der Waals surface area contributed by atoms with Gasteiger partial charge in [0.1, 0.15) is 0 Å². The molecule has 0 spiro atoms. The average molecular weight is 148 g/mol. The third-order valence-corrected chi connectivity index (χ3v) is 0.760. The van der Waals surface area contributed by atoms with E-state index >= 15 is 0 Å². The molecule has 5 nitrogen and oxygen atoms in total. The summed E-state index contributed by atoms with van der Waals surface area (Å²) in [5.74, 6) is -3.65. The minimum atomic E-state index is -1.82. The summed E-state index contributed by atoms with van der Waals surface area (Å²) in [5.41, 5.74) is 0. The summed E-state index contributed by atoms with van der Waals surface area (Å²) in [6.45, 7) is 2.00. The highest BCUT2D eigenvalue weighted by atomic mass is 16.5. The molecule has 0 bridgehead atoms. The summed E-state index contributed by atoms with van der Waals surface area (Å²) in [6.07, 6.45) is 1.28. The number of hydrogen-bond acceptors (Lipinski definition) is 3. The normalized spacial score (nSPS) is 14.0. The van der Waals surface area contributed by atoms with Crippen LogP contribution in [0.2, 0.25) is 0 Å². The number of carboxylic acids is 2. The Balaban J connectivity index is 0.000000172. The molecule has 0 atom stereocenters. The summed E-state index contributed by atoms with van der Waals surface area (Å²) in [4.78, 5) is 18.2. The molecule has 2 N–H and O–H groups in total. The van der Waals surface area contributed by atoms with Crippen LogP contribution in [0.4, 0.5) is 0 Å². The van der Waals surface area contributed by atoms with Gasteiger partial charge in [-0.15, -0.1) is 0 Å². The van der Waals surface area contributed by atoms with E-state index in [0.717, 1.165) is 13.2 Å². The Morgan fingerprint density at radius 2 is 1.30 bits per heavy atom. The first kappa shape index (κ1) is 8.90. The summed E-state index contributed by atoms with van der Waals surface area (Å²) in [5, 5.41) is 14.8. The second-order valence-corrected chi connectivity index (χ2v) is 1.58. The van der Waals surface area contributed by atoms with Gasteiger partial charge in [-0.3, -0.25) is 0 Å². The monoisotopic (exact) mass is 148 g/mol. The first-order valence-electron chi connectivity index (χ1n) is 2.68. The molecule has 1 fully saturated rings. The van der Waals surface area contributed by atoms with Crippen LogP contribution in [0, 0.1) is 0 Å². The predicted molar refractivity (Wildman–Crippen MR) is 30.7 cm³/mol. The number of rotatable bonds is 0. The van der Waals surface area contributed by atoms with Gasteiger partial charge in [-0.05, 0) is 6.42 Å². The average Bonchev–Trinajstić information content (AvgIpc) is 1.59. The van der Waals surface area contributed by atoms with Crippen LogP contribution < -0.4 is 0 Å². The molecular formula is C5H8O5. The molecule has 0 aromatic carbocycles. The van der Waals surface area contributed by atoms with Crippen molar-refractivity contribution in [2.45, 2.75) is 6.42 Å². The van der Waals surface area contributed by atoms with E-state index in [1.54, 1.807) is 0 Å². The Kier molecular flexibility index (Phi) is 4.23. The molecule has 58 valence electrons. The first-order valence-corrected chi connectivity index (χ1v) is 2.68. The number of hydrogen-bond donors (Lipinski definition) is 2. The van der Waals surface area contributed by atoms with Crippen molar-refractivity contribution in [3.05, 3.63) is 0 Å². The van der Waals surface area contributed by atoms with Gasteiger partial charge < -0.3 is 14.9 Å². The lowest BCUT2D eigenvalue weighted by atomic mass is 10.4. The molecule has 5 heteroatoms. The maximum Gasteiger partial charge on any atom is 0.414 e. The minimum absolute atomic E-state index is 1.00. The van der Waals surface area contributed by atoms with E-state index in [-0.39, 0.29) is 0 Å². The molecule has 1 saturated heterocycles. The highest BCUT2D eigenvalue weighted by molar-refractivity contribution is 6.27. The maximum absolute atomic E-state index is 9.10. The van der Waals surface area contributed by atoms with Gasteiger partial charge in [0.25, 0.3) is 0 Å². The topological polar surface area (TPSA) is 83.8 Å². The van der Waals surface area contributed by atoms with Crippen LogP contribution in [-0.4, -0.2) is 35.4 Å². The Hall–Kier alpha value is -1.10. The fourth-order valence-corrected chi connectivity index (χ4v) is 0.144. The lowest BCUT2D eigenvalue weighted by molar-refractivity contribution is -0.159. The van der Waals surface area contributed by atoms with Crippen LogP contribution in [0.1, 0.15) is 6.42 Å². The molecule has 0 aromatic rings. The standard InChI is InChI=1S/C3H6O.C2H2O4/c1-2-4-3-1;3-1(4)2(5)6/h1-3H2;(H,3,4)(H,5,6). The van der Waals surface area contributed by atoms with Crippen molar-refractivity contribution in [3.63, 3.8) is 0 Å². The lowest BCUT2D eigenvalue weighted by Crippen LogP contribution is -2.09. The van der Waals surface area contributed by atoms with Crippen molar-refractivity contribution in [2.75, 3.05) is 13.2 Å². The summed E-state index contributed by atoms with van der Waals surface area (Å²) in [7, 11) is 0. The van der Waals surface area contributed by atoms with E-state index in [1.165, 1.54) is 6.42 Å². The number of carboxylic acid groups (broad SMARTS) is 2. The molecule has 10 heavy (non-hydrogen) atoms. The van der Waals surface area contributed by atoms with Crippen molar-refractivity contribution >= 4 is 11.9 Å². The molecular weight excluding hydrogens is 140 g/mol.